The third-order valence-electron chi connectivity index (χ3n) is 4.65. The molecule has 0 aliphatic rings. The van der Waals surface area contributed by atoms with Crippen LogP contribution < -0.4 is 5.19 Å². The third-order valence-corrected chi connectivity index (χ3v) is 6.37. The summed E-state index contributed by atoms with van der Waals surface area (Å²) in [4.78, 5) is 13.0. The van der Waals surface area contributed by atoms with E-state index in [1.54, 1.807) is 0 Å². The molecule has 0 saturated carbocycles. The van der Waals surface area contributed by atoms with E-state index in [1.165, 1.54) is 16.3 Å². The smallest absolute Gasteiger partial charge is 0.192 e. The zero-order valence-corrected chi connectivity index (χ0v) is 16.3. The van der Waals surface area contributed by atoms with Crippen LogP contribution in [0.25, 0.3) is 11.1 Å². The summed E-state index contributed by atoms with van der Waals surface area (Å²) in [5.41, 5.74) is 5.26. The van der Waals surface area contributed by atoms with Crippen molar-refractivity contribution in [2.75, 3.05) is 0 Å². The largest absolute Gasteiger partial charge is 0.289 e. The Bertz CT molecular complexity index is 864. The first-order valence-electron chi connectivity index (χ1n) is 8.93. The minimum Gasteiger partial charge on any atom is -0.289 e. The summed E-state index contributed by atoms with van der Waals surface area (Å²) >= 11 is 0. The fourth-order valence-electron chi connectivity index (χ4n) is 3.12. The van der Waals surface area contributed by atoms with Gasteiger partial charge in [-0.05, 0) is 23.1 Å². The molecule has 0 N–H and O–H groups in total. The van der Waals surface area contributed by atoms with E-state index >= 15 is 0 Å². The summed E-state index contributed by atoms with van der Waals surface area (Å²) in [5, 5.41) is 1.27. The molecule has 0 unspecified atom stereocenters. The van der Waals surface area contributed by atoms with Crippen molar-refractivity contribution in [2.24, 2.45) is 0 Å². The summed E-state index contributed by atoms with van der Waals surface area (Å²) in [6.45, 7) is 6.72. The maximum Gasteiger partial charge on any atom is 0.192 e. The molecule has 3 aromatic rings. The van der Waals surface area contributed by atoms with Crippen molar-refractivity contribution in [3.63, 3.8) is 0 Å². The standard InChI is InChI=1S/C23H24OSi/c1-4-17-10-15-21(22(16-17)25(2)3)23(24)20-13-11-19(12-14-20)18-8-6-5-7-9-18/h5-16,25H,4H2,1-3H3. The Balaban J connectivity index is 1.94. The molecule has 2 heteroatoms. The second kappa shape index (κ2) is 7.62. The van der Waals surface area contributed by atoms with Crippen LogP contribution in [-0.4, -0.2) is 14.6 Å². The average Bonchev–Trinajstić information content (AvgIpc) is 2.67. The molecule has 0 aliphatic heterocycles. The first-order valence-corrected chi connectivity index (χ1v) is 11.8. The third kappa shape index (κ3) is 3.80. The van der Waals surface area contributed by atoms with Gasteiger partial charge in [0.1, 0.15) is 0 Å². The Morgan fingerprint density at radius 2 is 1.48 bits per heavy atom. The summed E-state index contributed by atoms with van der Waals surface area (Å²) < 4.78 is 0. The number of hydrogen-bond acceptors (Lipinski definition) is 1. The molecule has 0 heterocycles. The Kier molecular flexibility index (Phi) is 5.30. The van der Waals surface area contributed by atoms with Crippen LogP contribution in [0.2, 0.25) is 13.1 Å². The van der Waals surface area contributed by atoms with Crippen LogP contribution in [0.1, 0.15) is 28.4 Å². The molecule has 0 atom stereocenters. The molecule has 126 valence electrons. The summed E-state index contributed by atoms with van der Waals surface area (Å²) in [5.74, 6) is 0.137. The molecule has 0 aromatic heterocycles. The van der Waals surface area contributed by atoms with Gasteiger partial charge in [0.2, 0.25) is 0 Å². The number of ketones is 1. The van der Waals surface area contributed by atoms with Gasteiger partial charge in [0.15, 0.2) is 5.78 Å². The molecule has 1 nitrogen and oxygen atoms in total. The van der Waals surface area contributed by atoms with E-state index in [0.717, 1.165) is 23.1 Å². The second-order valence-corrected chi connectivity index (χ2v) is 9.63. The van der Waals surface area contributed by atoms with Crippen LogP contribution in [-0.2, 0) is 6.42 Å². The predicted octanol–water partition coefficient (Wildman–Crippen LogP) is 4.84. The number of aryl methyl sites for hydroxylation is 1. The van der Waals surface area contributed by atoms with E-state index in [4.69, 9.17) is 0 Å². The fraction of sp³-hybridized carbons (Fsp3) is 0.174. The SMILES string of the molecule is CCc1ccc(C(=O)c2ccc(-c3ccccc3)cc2)c([SiH](C)C)c1. The van der Waals surface area contributed by atoms with Crippen LogP contribution in [0.15, 0.2) is 72.8 Å². The predicted molar refractivity (Wildman–Crippen MR) is 110 cm³/mol. The first kappa shape index (κ1) is 17.4. The summed E-state index contributed by atoms with van der Waals surface area (Å²) in [6, 6.07) is 24.6. The molecular weight excluding hydrogens is 320 g/mol. The molecule has 0 spiro atoms. The van der Waals surface area contributed by atoms with Crippen molar-refractivity contribution in [1.82, 2.24) is 0 Å². The Hall–Kier alpha value is -2.45. The maximum atomic E-state index is 13.0. The number of carbonyl (C=O) groups is 1. The fourth-order valence-corrected chi connectivity index (χ4v) is 4.51. The van der Waals surface area contributed by atoms with Crippen LogP contribution in [0.4, 0.5) is 0 Å². The minimum atomic E-state index is -1.07. The molecule has 0 aliphatic carbocycles. The molecule has 25 heavy (non-hydrogen) atoms. The zero-order chi connectivity index (χ0) is 17.8. The van der Waals surface area contributed by atoms with Crippen LogP contribution in [0, 0.1) is 0 Å². The van der Waals surface area contributed by atoms with Gasteiger partial charge in [0.25, 0.3) is 0 Å². The van der Waals surface area contributed by atoms with Crippen molar-refractivity contribution in [3.05, 3.63) is 89.5 Å². The quantitative estimate of drug-likeness (QED) is 0.478. The van der Waals surface area contributed by atoms with Crippen molar-refractivity contribution in [1.29, 1.82) is 0 Å². The molecule has 0 radical (unpaired) electrons. The van der Waals surface area contributed by atoms with Gasteiger partial charge in [0.05, 0.1) is 8.80 Å². The molecule has 3 rings (SSSR count). The van der Waals surface area contributed by atoms with Gasteiger partial charge in [-0.25, -0.2) is 0 Å². The van der Waals surface area contributed by atoms with Gasteiger partial charge in [-0.1, -0.05) is 98.0 Å². The average molecular weight is 345 g/mol. The van der Waals surface area contributed by atoms with Crippen LogP contribution in [0.3, 0.4) is 0 Å². The Morgan fingerprint density at radius 1 is 0.840 bits per heavy atom. The highest BCUT2D eigenvalue weighted by atomic mass is 28.3. The van der Waals surface area contributed by atoms with Crippen molar-refractivity contribution < 1.29 is 4.79 Å². The van der Waals surface area contributed by atoms with Gasteiger partial charge in [-0.3, -0.25) is 4.79 Å². The van der Waals surface area contributed by atoms with E-state index in [9.17, 15) is 4.79 Å². The van der Waals surface area contributed by atoms with Crippen molar-refractivity contribution in [3.8, 4) is 11.1 Å². The van der Waals surface area contributed by atoms with Gasteiger partial charge >= 0.3 is 0 Å². The number of benzene rings is 3. The molecule has 0 amide bonds. The number of carbonyl (C=O) groups excluding carboxylic acids is 1. The van der Waals surface area contributed by atoms with Crippen LogP contribution >= 0.6 is 0 Å². The number of hydrogen-bond donors (Lipinski definition) is 0. The topological polar surface area (TPSA) is 17.1 Å². The molecule has 3 aromatic carbocycles. The van der Waals surface area contributed by atoms with Crippen molar-refractivity contribution >= 4 is 19.8 Å². The zero-order valence-electron chi connectivity index (χ0n) is 15.1. The summed E-state index contributed by atoms with van der Waals surface area (Å²) in [7, 11) is -1.07. The lowest BCUT2D eigenvalue weighted by molar-refractivity contribution is 0.104. The second-order valence-electron chi connectivity index (χ2n) is 6.70. The lowest BCUT2D eigenvalue weighted by Crippen LogP contribution is -2.30. The van der Waals surface area contributed by atoms with E-state index in [1.807, 2.05) is 48.5 Å². The molecular formula is C23H24OSi. The van der Waals surface area contributed by atoms with Crippen molar-refractivity contribution in [2.45, 2.75) is 26.4 Å². The Morgan fingerprint density at radius 3 is 2.08 bits per heavy atom. The first-order chi connectivity index (χ1) is 12.1. The van der Waals surface area contributed by atoms with Gasteiger partial charge in [-0.15, -0.1) is 0 Å². The molecule has 0 saturated heterocycles. The number of rotatable bonds is 5. The van der Waals surface area contributed by atoms with Gasteiger partial charge in [0, 0.05) is 11.1 Å². The highest BCUT2D eigenvalue weighted by molar-refractivity contribution is 6.72. The Labute approximate surface area is 152 Å². The van der Waals surface area contributed by atoms with Gasteiger partial charge in [-0.2, -0.15) is 0 Å². The highest BCUT2D eigenvalue weighted by Gasteiger charge is 2.16. The normalized spacial score (nSPS) is 10.9. The maximum absolute atomic E-state index is 13.0. The van der Waals surface area contributed by atoms with E-state index in [-0.39, 0.29) is 5.78 Å². The highest BCUT2D eigenvalue weighted by Crippen LogP contribution is 2.20. The lowest BCUT2D eigenvalue weighted by Gasteiger charge is -2.13. The van der Waals surface area contributed by atoms with Crippen LogP contribution in [0.5, 0.6) is 0 Å². The molecule has 0 bridgehead atoms. The minimum absolute atomic E-state index is 0.137. The van der Waals surface area contributed by atoms with E-state index in [0.29, 0.717) is 0 Å². The molecule has 0 fully saturated rings. The monoisotopic (exact) mass is 344 g/mol. The van der Waals surface area contributed by atoms with Gasteiger partial charge < -0.3 is 0 Å². The van der Waals surface area contributed by atoms with E-state index < -0.39 is 8.80 Å². The summed E-state index contributed by atoms with van der Waals surface area (Å²) in [6.07, 6.45) is 1.01. The van der Waals surface area contributed by atoms with E-state index in [2.05, 4.69) is 44.3 Å². The lowest BCUT2D eigenvalue weighted by atomic mass is 9.98.